The molecule has 1 atom stereocenters. The second-order valence-corrected chi connectivity index (χ2v) is 8.43. The summed E-state index contributed by atoms with van der Waals surface area (Å²) >= 11 is 1.84. The van der Waals surface area contributed by atoms with Gasteiger partial charge in [0, 0.05) is 11.1 Å². The van der Waals surface area contributed by atoms with Crippen LogP contribution in [0.3, 0.4) is 0 Å². The van der Waals surface area contributed by atoms with Crippen molar-refractivity contribution in [1.82, 2.24) is 0 Å². The molecule has 2 aromatic carbocycles. The molecular formula is C22H27N3OS+2. The standard InChI is InChI=1S/C22H25N3OS/c1-17(25-13-11-24(12-14-25)16-19-8-5-15-27-19)22(26)23-21-10-4-7-18-6-2-3-9-20(18)21/h2-10,15,17H,11-14,16H2,1H3,(H,23,26)/p+2/t17-/m1/s1. The van der Waals surface area contributed by atoms with Crippen molar-refractivity contribution in [2.45, 2.75) is 19.5 Å². The van der Waals surface area contributed by atoms with Gasteiger partial charge < -0.3 is 15.1 Å². The summed E-state index contributed by atoms with van der Waals surface area (Å²) in [4.78, 5) is 17.3. The lowest BCUT2D eigenvalue weighted by atomic mass is 10.1. The number of nitrogens with one attached hydrogen (secondary N) is 3. The Balaban J connectivity index is 1.35. The molecule has 1 aliphatic rings. The molecule has 5 heteroatoms. The van der Waals surface area contributed by atoms with E-state index in [0.717, 1.165) is 49.2 Å². The molecule has 0 radical (unpaired) electrons. The van der Waals surface area contributed by atoms with E-state index in [1.165, 1.54) is 9.78 Å². The second kappa shape index (κ2) is 8.21. The highest BCUT2D eigenvalue weighted by molar-refractivity contribution is 7.09. The van der Waals surface area contributed by atoms with Gasteiger partial charge in [-0.05, 0) is 29.8 Å². The molecule has 3 aromatic rings. The molecular weight excluding hydrogens is 354 g/mol. The number of carbonyl (C=O) groups is 1. The summed E-state index contributed by atoms with van der Waals surface area (Å²) < 4.78 is 0. The van der Waals surface area contributed by atoms with Gasteiger partial charge in [-0.3, -0.25) is 4.79 Å². The van der Waals surface area contributed by atoms with Gasteiger partial charge in [-0.1, -0.05) is 42.5 Å². The normalized spacial score (nSPS) is 21.1. The molecule has 4 rings (SSSR count). The minimum Gasteiger partial charge on any atom is -0.321 e. The van der Waals surface area contributed by atoms with E-state index in [4.69, 9.17) is 0 Å². The van der Waals surface area contributed by atoms with Crippen LogP contribution >= 0.6 is 11.3 Å². The molecule has 1 aliphatic heterocycles. The molecule has 4 nitrogen and oxygen atoms in total. The molecule has 0 bridgehead atoms. The van der Waals surface area contributed by atoms with E-state index in [9.17, 15) is 4.79 Å². The summed E-state index contributed by atoms with van der Waals surface area (Å²) in [5.74, 6) is 0.114. The maximum absolute atomic E-state index is 12.9. The van der Waals surface area contributed by atoms with E-state index in [2.05, 4.69) is 48.0 Å². The van der Waals surface area contributed by atoms with Crippen LogP contribution in [0, 0.1) is 0 Å². The summed E-state index contributed by atoms with van der Waals surface area (Å²) in [6, 6.07) is 18.6. The van der Waals surface area contributed by atoms with Gasteiger partial charge in [-0.25, -0.2) is 0 Å². The summed E-state index contributed by atoms with van der Waals surface area (Å²) in [5.41, 5.74) is 0.909. The van der Waals surface area contributed by atoms with Crippen LogP contribution in [0.5, 0.6) is 0 Å². The van der Waals surface area contributed by atoms with Gasteiger partial charge in [0.05, 0.1) is 4.88 Å². The lowest BCUT2D eigenvalue weighted by Gasteiger charge is -2.32. The number of carbonyl (C=O) groups excluding carboxylic acids is 1. The molecule has 1 fully saturated rings. The Kier molecular flexibility index (Phi) is 5.53. The zero-order valence-corrected chi connectivity index (χ0v) is 16.5. The molecule has 0 saturated carbocycles. The lowest BCUT2D eigenvalue weighted by molar-refractivity contribution is -1.02. The zero-order chi connectivity index (χ0) is 18.6. The molecule has 2 heterocycles. The van der Waals surface area contributed by atoms with Crippen molar-refractivity contribution in [3.63, 3.8) is 0 Å². The van der Waals surface area contributed by atoms with Gasteiger partial charge >= 0.3 is 0 Å². The van der Waals surface area contributed by atoms with Gasteiger partial charge in [0.1, 0.15) is 32.7 Å². The van der Waals surface area contributed by atoms with Crippen molar-refractivity contribution >= 4 is 33.7 Å². The van der Waals surface area contributed by atoms with Gasteiger partial charge in [0.15, 0.2) is 6.04 Å². The summed E-state index contributed by atoms with van der Waals surface area (Å²) in [5, 5.41) is 7.57. The van der Waals surface area contributed by atoms with Crippen LogP contribution in [0.15, 0.2) is 60.0 Å². The molecule has 0 spiro atoms. The zero-order valence-electron chi connectivity index (χ0n) is 15.7. The first-order valence-electron chi connectivity index (χ1n) is 9.70. The van der Waals surface area contributed by atoms with E-state index in [-0.39, 0.29) is 11.9 Å². The maximum atomic E-state index is 12.9. The molecule has 1 amide bonds. The third-order valence-corrected chi connectivity index (χ3v) is 6.53. The largest absolute Gasteiger partial charge is 0.321 e. The molecule has 3 N–H and O–H groups in total. The number of rotatable bonds is 5. The van der Waals surface area contributed by atoms with Crippen LogP contribution in [0.25, 0.3) is 10.8 Å². The Bertz CT molecular complexity index is 896. The number of hydrogen-bond donors (Lipinski definition) is 3. The quantitative estimate of drug-likeness (QED) is 0.611. The first-order valence-corrected chi connectivity index (χ1v) is 10.6. The molecule has 27 heavy (non-hydrogen) atoms. The van der Waals surface area contributed by atoms with Crippen molar-refractivity contribution in [3.05, 3.63) is 64.9 Å². The fourth-order valence-corrected chi connectivity index (χ4v) is 4.73. The lowest BCUT2D eigenvalue weighted by Crippen LogP contribution is -3.29. The van der Waals surface area contributed by atoms with Crippen molar-refractivity contribution < 1.29 is 14.6 Å². The fraction of sp³-hybridized carbons (Fsp3) is 0.318. The summed E-state index contributed by atoms with van der Waals surface area (Å²) in [6.45, 7) is 7.51. The SMILES string of the molecule is C[C@H](C(=O)Nc1cccc2ccccc12)[NH+]1CC[NH+](Cc2cccs2)CC1. The second-order valence-electron chi connectivity index (χ2n) is 7.40. The van der Waals surface area contributed by atoms with E-state index >= 15 is 0 Å². The average Bonchev–Trinajstić information content (AvgIpc) is 3.21. The number of anilines is 1. The Morgan fingerprint density at radius 2 is 1.81 bits per heavy atom. The van der Waals surface area contributed by atoms with Crippen LogP contribution in [0.1, 0.15) is 11.8 Å². The van der Waals surface area contributed by atoms with Crippen LogP contribution in [-0.4, -0.2) is 38.1 Å². The number of hydrogen-bond acceptors (Lipinski definition) is 2. The predicted octanol–water partition coefficient (Wildman–Crippen LogP) is 1.21. The van der Waals surface area contributed by atoms with Crippen molar-refractivity contribution in [2.24, 2.45) is 0 Å². The van der Waals surface area contributed by atoms with Crippen LogP contribution in [0.4, 0.5) is 5.69 Å². The smallest absolute Gasteiger partial charge is 0.282 e. The van der Waals surface area contributed by atoms with Gasteiger partial charge in [-0.2, -0.15) is 0 Å². The Morgan fingerprint density at radius 3 is 2.59 bits per heavy atom. The summed E-state index contributed by atoms with van der Waals surface area (Å²) in [7, 11) is 0. The van der Waals surface area contributed by atoms with Crippen LogP contribution in [0.2, 0.25) is 0 Å². The number of quaternary nitrogens is 2. The average molecular weight is 382 g/mol. The third kappa shape index (κ3) is 4.21. The number of piperazine rings is 1. The predicted molar refractivity (Wildman–Crippen MR) is 111 cm³/mol. The third-order valence-electron chi connectivity index (χ3n) is 5.66. The van der Waals surface area contributed by atoms with E-state index < -0.39 is 0 Å². The van der Waals surface area contributed by atoms with E-state index in [0.29, 0.717) is 0 Å². The maximum Gasteiger partial charge on any atom is 0.282 e. The monoisotopic (exact) mass is 381 g/mol. The first-order chi connectivity index (χ1) is 13.2. The number of benzene rings is 2. The van der Waals surface area contributed by atoms with Crippen LogP contribution in [-0.2, 0) is 11.3 Å². The minimum absolute atomic E-state index is 0.0349. The number of fused-ring (bicyclic) bond motifs is 1. The Hall–Kier alpha value is -2.21. The van der Waals surface area contributed by atoms with Crippen molar-refractivity contribution in [2.75, 3.05) is 31.5 Å². The first kappa shape index (κ1) is 18.2. The van der Waals surface area contributed by atoms with E-state index in [1.54, 1.807) is 4.90 Å². The Morgan fingerprint density at radius 1 is 1.04 bits per heavy atom. The highest BCUT2D eigenvalue weighted by Crippen LogP contribution is 2.22. The molecule has 140 valence electrons. The number of amides is 1. The van der Waals surface area contributed by atoms with Gasteiger partial charge in [-0.15, -0.1) is 11.3 Å². The van der Waals surface area contributed by atoms with E-state index in [1.807, 2.05) is 35.6 Å². The molecule has 1 aromatic heterocycles. The highest BCUT2D eigenvalue weighted by atomic mass is 32.1. The topological polar surface area (TPSA) is 38.0 Å². The van der Waals surface area contributed by atoms with Crippen molar-refractivity contribution in [3.8, 4) is 0 Å². The van der Waals surface area contributed by atoms with Gasteiger partial charge in [0.25, 0.3) is 5.91 Å². The number of thiophene rings is 1. The van der Waals surface area contributed by atoms with Crippen molar-refractivity contribution in [1.29, 1.82) is 0 Å². The fourth-order valence-electron chi connectivity index (χ4n) is 3.95. The minimum atomic E-state index is -0.0349. The molecule has 0 aliphatic carbocycles. The van der Waals surface area contributed by atoms with Gasteiger partial charge in [0.2, 0.25) is 0 Å². The molecule has 0 unspecified atom stereocenters. The van der Waals surface area contributed by atoms with Crippen LogP contribution < -0.4 is 15.1 Å². The molecule has 1 saturated heterocycles. The Labute approximate surface area is 164 Å². The highest BCUT2D eigenvalue weighted by Gasteiger charge is 2.31. The summed E-state index contributed by atoms with van der Waals surface area (Å²) in [6.07, 6.45) is 0.